The van der Waals surface area contributed by atoms with Gasteiger partial charge in [0.25, 0.3) is 11.7 Å². The lowest BCUT2D eigenvalue weighted by Crippen LogP contribution is -2.30. The van der Waals surface area contributed by atoms with Crippen LogP contribution in [0.2, 0.25) is 5.02 Å². The van der Waals surface area contributed by atoms with Crippen LogP contribution in [0.5, 0.6) is 0 Å². The Labute approximate surface area is 128 Å². The molecule has 1 aliphatic heterocycles. The minimum atomic E-state index is -0.504. The highest BCUT2D eigenvalue weighted by molar-refractivity contribution is 6.55. The van der Waals surface area contributed by atoms with Crippen molar-refractivity contribution in [2.24, 2.45) is 0 Å². The van der Waals surface area contributed by atoms with E-state index in [0.717, 1.165) is 12.8 Å². The lowest BCUT2D eigenvalue weighted by molar-refractivity contribution is -0.114. The van der Waals surface area contributed by atoms with Crippen LogP contribution in [-0.2, 0) is 11.2 Å². The molecule has 1 heterocycles. The van der Waals surface area contributed by atoms with Gasteiger partial charge < -0.3 is 4.90 Å². The van der Waals surface area contributed by atoms with Gasteiger partial charge in [0, 0.05) is 6.54 Å². The number of aryl methyl sites for hydroxylation is 1. The predicted octanol–water partition coefficient (Wildman–Crippen LogP) is 3.50. The van der Waals surface area contributed by atoms with E-state index in [0.29, 0.717) is 22.8 Å². The fourth-order valence-corrected chi connectivity index (χ4v) is 2.86. The molecule has 0 saturated carbocycles. The molecule has 0 aromatic heterocycles. The molecular weight excluding hydrogens is 286 g/mol. The molecule has 0 fully saturated rings. The number of hydrogen-bond acceptors (Lipinski definition) is 2. The maximum Gasteiger partial charge on any atom is 0.299 e. The first-order valence-corrected chi connectivity index (χ1v) is 7.25. The number of Topliss-reactive ketones (excluding diaryl/α,β-unsaturated/α-hetero) is 1. The molecular formula is C17H14ClNO2. The fourth-order valence-electron chi connectivity index (χ4n) is 2.61. The molecule has 0 unspecified atom stereocenters. The van der Waals surface area contributed by atoms with Gasteiger partial charge >= 0.3 is 0 Å². The first kappa shape index (κ1) is 13.8. The van der Waals surface area contributed by atoms with Crippen molar-refractivity contribution in [3.8, 4) is 0 Å². The summed E-state index contributed by atoms with van der Waals surface area (Å²) in [4.78, 5) is 25.6. The Morgan fingerprint density at radius 1 is 0.952 bits per heavy atom. The van der Waals surface area contributed by atoms with Gasteiger partial charge in [0.05, 0.1) is 16.3 Å². The lowest BCUT2D eigenvalue weighted by atomic mass is 10.1. The Hall–Kier alpha value is -2.13. The van der Waals surface area contributed by atoms with Gasteiger partial charge in [-0.2, -0.15) is 0 Å². The predicted molar refractivity (Wildman–Crippen MR) is 82.9 cm³/mol. The number of rotatable bonds is 4. The largest absolute Gasteiger partial charge is 0.305 e. The Morgan fingerprint density at radius 3 is 2.48 bits per heavy atom. The summed E-state index contributed by atoms with van der Waals surface area (Å²) >= 11 is 6.03. The number of ketones is 1. The summed E-state index contributed by atoms with van der Waals surface area (Å²) in [6.07, 6.45) is 1.67. The van der Waals surface area contributed by atoms with Crippen molar-refractivity contribution in [2.45, 2.75) is 12.8 Å². The number of nitrogens with zero attached hydrogens (tertiary/aromatic N) is 1. The van der Waals surface area contributed by atoms with Crippen molar-refractivity contribution in [2.75, 3.05) is 11.4 Å². The Morgan fingerprint density at radius 2 is 1.71 bits per heavy atom. The molecule has 1 amide bonds. The minimum Gasteiger partial charge on any atom is -0.305 e. The highest BCUT2D eigenvalue weighted by Crippen LogP contribution is 2.34. The minimum absolute atomic E-state index is 0.337. The number of benzene rings is 2. The molecule has 0 radical (unpaired) electrons. The zero-order valence-corrected chi connectivity index (χ0v) is 12.1. The second-order valence-electron chi connectivity index (χ2n) is 5.01. The van der Waals surface area contributed by atoms with E-state index in [9.17, 15) is 9.59 Å². The van der Waals surface area contributed by atoms with Gasteiger partial charge in [-0.05, 0) is 30.5 Å². The molecule has 0 atom stereocenters. The van der Waals surface area contributed by atoms with Gasteiger partial charge in [-0.1, -0.05) is 48.0 Å². The quantitative estimate of drug-likeness (QED) is 0.810. The van der Waals surface area contributed by atoms with E-state index in [1.807, 2.05) is 18.2 Å². The molecule has 0 aliphatic carbocycles. The number of amides is 1. The summed E-state index contributed by atoms with van der Waals surface area (Å²) in [6.45, 7) is 0.521. The summed E-state index contributed by atoms with van der Waals surface area (Å²) in [6, 6.07) is 15.3. The number of halogens is 1. The molecule has 106 valence electrons. The zero-order chi connectivity index (χ0) is 14.8. The fraction of sp³-hybridized carbons (Fsp3) is 0.176. The number of fused-ring (bicyclic) bond motifs is 1. The Bertz CT molecular complexity index is 697. The molecule has 1 aliphatic rings. The molecule has 21 heavy (non-hydrogen) atoms. The van der Waals surface area contributed by atoms with Crippen LogP contribution in [0.25, 0.3) is 0 Å². The van der Waals surface area contributed by atoms with E-state index in [1.54, 1.807) is 18.2 Å². The second kappa shape index (κ2) is 5.70. The van der Waals surface area contributed by atoms with E-state index >= 15 is 0 Å². The SMILES string of the molecule is O=C1C(=O)N(CCCc2ccccc2)c2cccc(Cl)c21. The zero-order valence-electron chi connectivity index (χ0n) is 11.4. The summed E-state index contributed by atoms with van der Waals surface area (Å²) in [5, 5.41) is 0.344. The van der Waals surface area contributed by atoms with Crippen molar-refractivity contribution in [1.29, 1.82) is 0 Å². The van der Waals surface area contributed by atoms with Crippen LogP contribution in [0, 0.1) is 0 Å². The van der Waals surface area contributed by atoms with Crippen LogP contribution in [0.15, 0.2) is 48.5 Å². The molecule has 4 heteroatoms. The summed E-state index contributed by atoms with van der Waals surface area (Å²) in [5.41, 5.74) is 2.19. The second-order valence-corrected chi connectivity index (χ2v) is 5.42. The standard InChI is InChI=1S/C17H14ClNO2/c18-13-9-4-10-14-15(13)16(20)17(21)19(14)11-5-8-12-6-2-1-3-7-12/h1-4,6-7,9-10H,5,8,11H2. The molecule has 0 N–H and O–H groups in total. The van der Waals surface area contributed by atoms with E-state index in [2.05, 4.69) is 12.1 Å². The van der Waals surface area contributed by atoms with E-state index in [-0.39, 0.29) is 0 Å². The van der Waals surface area contributed by atoms with E-state index in [1.165, 1.54) is 10.5 Å². The van der Waals surface area contributed by atoms with Gasteiger partial charge in [-0.25, -0.2) is 0 Å². The monoisotopic (exact) mass is 299 g/mol. The van der Waals surface area contributed by atoms with Gasteiger partial charge in [0.15, 0.2) is 0 Å². The Balaban J connectivity index is 1.74. The molecule has 3 rings (SSSR count). The van der Waals surface area contributed by atoms with Crippen LogP contribution in [0.3, 0.4) is 0 Å². The van der Waals surface area contributed by atoms with Crippen molar-refractivity contribution >= 4 is 29.0 Å². The van der Waals surface area contributed by atoms with Crippen molar-refractivity contribution in [3.05, 3.63) is 64.7 Å². The summed E-state index contributed by atoms with van der Waals surface area (Å²) in [7, 11) is 0. The van der Waals surface area contributed by atoms with Gasteiger partial charge in [0.2, 0.25) is 0 Å². The molecule has 2 aromatic rings. The Kier molecular flexibility index (Phi) is 3.76. The lowest BCUT2D eigenvalue weighted by Gasteiger charge is -2.16. The maximum atomic E-state index is 12.1. The summed E-state index contributed by atoms with van der Waals surface area (Å²) in [5.74, 6) is -0.985. The third-order valence-electron chi connectivity index (χ3n) is 3.64. The molecule has 0 saturated heterocycles. The van der Waals surface area contributed by atoms with Crippen LogP contribution in [0.4, 0.5) is 5.69 Å². The van der Waals surface area contributed by atoms with Gasteiger partial charge in [0.1, 0.15) is 0 Å². The van der Waals surface area contributed by atoms with E-state index in [4.69, 9.17) is 11.6 Å². The number of carbonyl (C=O) groups excluding carboxylic acids is 2. The van der Waals surface area contributed by atoms with Gasteiger partial charge in [-0.3, -0.25) is 9.59 Å². The van der Waals surface area contributed by atoms with Gasteiger partial charge in [-0.15, -0.1) is 0 Å². The topological polar surface area (TPSA) is 37.4 Å². The first-order chi connectivity index (χ1) is 10.2. The normalized spacial score (nSPS) is 13.7. The van der Waals surface area contributed by atoms with Crippen LogP contribution < -0.4 is 4.90 Å². The third-order valence-corrected chi connectivity index (χ3v) is 3.95. The molecule has 3 nitrogen and oxygen atoms in total. The number of anilines is 1. The average Bonchev–Trinajstić information content (AvgIpc) is 2.74. The third kappa shape index (κ3) is 2.57. The number of hydrogen-bond donors (Lipinski definition) is 0. The smallest absolute Gasteiger partial charge is 0.299 e. The van der Waals surface area contributed by atoms with Crippen LogP contribution in [-0.4, -0.2) is 18.2 Å². The van der Waals surface area contributed by atoms with Crippen LogP contribution in [0.1, 0.15) is 22.3 Å². The maximum absolute atomic E-state index is 12.1. The molecule has 0 spiro atoms. The summed E-state index contributed by atoms with van der Waals surface area (Å²) < 4.78 is 0. The molecule has 2 aromatic carbocycles. The highest BCUT2D eigenvalue weighted by Gasteiger charge is 2.36. The van der Waals surface area contributed by atoms with Crippen LogP contribution >= 0.6 is 11.6 Å². The van der Waals surface area contributed by atoms with Crippen molar-refractivity contribution < 1.29 is 9.59 Å². The molecule has 0 bridgehead atoms. The van der Waals surface area contributed by atoms with Crippen molar-refractivity contribution in [3.63, 3.8) is 0 Å². The van der Waals surface area contributed by atoms with E-state index < -0.39 is 11.7 Å². The highest BCUT2D eigenvalue weighted by atomic mass is 35.5. The number of carbonyl (C=O) groups is 2. The average molecular weight is 300 g/mol. The first-order valence-electron chi connectivity index (χ1n) is 6.87. The van der Waals surface area contributed by atoms with Crippen molar-refractivity contribution in [1.82, 2.24) is 0 Å².